The number of nitrogens with zero attached hydrogens (tertiary/aromatic N) is 2. The Kier molecular flexibility index (Phi) is 5.21. The second kappa shape index (κ2) is 8.10. The molecule has 2 aromatic heterocycles. The Morgan fingerprint density at radius 1 is 1.07 bits per heavy atom. The minimum atomic E-state index is -0.0874. The zero-order valence-corrected chi connectivity index (χ0v) is 16.1. The second-order valence-corrected chi connectivity index (χ2v) is 7.16. The molecule has 140 valence electrons. The first-order chi connectivity index (χ1) is 13.7. The minimum absolute atomic E-state index is 0.0874. The highest BCUT2D eigenvalue weighted by Crippen LogP contribution is 2.28. The van der Waals surface area contributed by atoms with E-state index in [0.717, 1.165) is 33.3 Å². The molecule has 0 aliphatic carbocycles. The van der Waals surface area contributed by atoms with Gasteiger partial charge in [0.2, 0.25) is 5.91 Å². The van der Waals surface area contributed by atoms with Crippen LogP contribution in [0.15, 0.2) is 78.3 Å². The Morgan fingerprint density at radius 2 is 1.86 bits per heavy atom. The lowest BCUT2D eigenvalue weighted by atomic mass is 10.1. The molecule has 2 heterocycles. The molecule has 0 bridgehead atoms. The maximum absolute atomic E-state index is 12.6. The number of nitrogens with one attached hydrogen (secondary N) is 1. The maximum atomic E-state index is 12.6. The quantitative estimate of drug-likeness (QED) is 0.516. The highest BCUT2D eigenvalue weighted by atomic mass is 32.1. The molecule has 0 fully saturated rings. The number of benzene rings is 2. The molecule has 6 heteroatoms. The van der Waals surface area contributed by atoms with Crippen molar-refractivity contribution in [3.8, 4) is 22.0 Å². The number of para-hydroxylation sites is 1. The summed E-state index contributed by atoms with van der Waals surface area (Å²) in [6.07, 6.45) is 2.17. The Bertz CT molecular complexity index is 1060. The Labute approximate surface area is 167 Å². The number of methoxy groups -OCH3 is 1. The van der Waals surface area contributed by atoms with Crippen LogP contribution in [0.1, 0.15) is 5.56 Å². The largest absolute Gasteiger partial charge is 0.497 e. The highest BCUT2D eigenvalue weighted by Gasteiger charge is 2.16. The van der Waals surface area contributed by atoms with Crippen molar-refractivity contribution in [1.82, 2.24) is 9.78 Å². The molecule has 0 saturated heterocycles. The molecule has 4 rings (SSSR count). The fourth-order valence-electron chi connectivity index (χ4n) is 2.93. The summed E-state index contributed by atoms with van der Waals surface area (Å²) in [4.78, 5) is 13.7. The highest BCUT2D eigenvalue weighted by molar-refractivity contribution is 7.13. The molecule has 0 unspecified atom stereocenters. The number of amides is 1. The van der Waals surface area contributed by atoms with E-state index in [2.05, 4.69) is 5.32 Å². The van der Waals surface area contributed by atoms with Crippen LogP contribution in [0.3, 0.4) is 0 Å². The van der Waals surface area contributed by atoms with E-state index in [1.54, 1.807) is 18.4 Å². The van der Waals surface area contributed by atoms with Crippen LogP contribution in [0.4, 0.5) is 5.69 Å². The van der Waals surface area contributed by atoms with Crippen molar-refractivity contribution in [3.63, 3.8) is 0 Å². The summed E-state index contributed by atoms with van der Waals surface area (Å²) in [5, 5.41) is 9.68. The standard InChI is InChI=1S/C22H19N3O2S/c1-27-19-11-9-17(10-12-19)23-21(26)14-16-15-25(18-6-3-2-4-7-18)24-22(16)20-8-5-13-28-20/h2-13,15H,14H2,1H3,(H,23,26). The summed E-state index contributed by atoms with van der Waals surface area (Å²) in [6.45, 7) is 0. The van der Waals surface area contributed by atoms with Gasteiger partial charge in [-0.15, -0.1) is 11.3 Å². The maximum Gasteiger partial charge on any atom is 0.228 e. The third-order valence-electron chi connectivity index (χ3n) is 4.29. The van der Waals surface area contributed by atoms with Crippen LogP contribution in [0, 0.1) is 0 Å². The lowest BCUT2D eigenvalue weighted by molar-refractivity contribution is -0.115. The molecule has 0 radical (unpaired) electrons. The summed E-state index contributed by atoms with van der Waals surface area (Å²) >= 11 is 1.61. The topological polar surface area (TPSA) is 56.1 Å². The SMILES string of the molecule is COc1ccc(NC(=O)Cc2cn(-c3ccccc3)nc2-c2cccs2)cc1. The summed E-state index contributed by atoms with van der Waals surface area (Å²) in [6, 6.07) is 21.2. The molecule has 1 amide bonds. The van der Waals surface area contributed by atoms with Crippen molar-refractivity contribution < 1.29 is 9.53 Å². The monoisotopic (exact) mass is 389 g/mol. The van der Waals surface area contributed by atoms with Crippen LogP contribution in [0.2, 0.25) is 0 Å². The summed E-state index contributed by atoms with van der Waals surface area (Å²) < 4.78 is 6.97. The van der Waals surface area contributed by atoms with E-state index in [1.165, 1.54) is 0 Å². The molecule has 0 aliphatic heterocycles. The molecule has 4 aromatic rings. The van der Waals surface area contributed by atoms with E-state index >= 15 is 0 Å². The number of hydrogen-bond donors (Lipinski definition) is 1. The van der Waals surface area contributed by atoms with Crippen LogP contribution in [-0.2, 0) is 11.2 Å². The normalized spacial score (nSPS) is 10.6. The Balaban J connectivity index is 1.58. The number of aromatic nitrogens is 2. The molecule has 0 aliphatic rings. The molecular formula is C22H19N3O2S. The zero-order chi connectivity index (χ0) is 19.3. The van der Waals surface area contributed by atoms with Crippen molar-refractivity contribution in [2.24, 2.45) is 0 Å². The van der Waals surface area contributed by atoms with E-state index in [4.69, 9.17) is 9.84 Å². The summed E-state index contributed by atoms with van der Waals surface area (Å²) in [7, 11) is 1.62. The van der Waals surface area contributed by atoms with Crippen LogP contribution < -0.4 is 10.1 Å². The van der Waals surface area contributed by atoms with Crippen molar-refractivity contribution in [1.29, 1.82) is 0 Å². The van der Waals surface area contributed by atoms with Crippen molar-refractivity contribution in [2.75, 3.05) is 12.4 Å². The molecule has 28 heavy (non-hydrogen) atoms. The number of ether oxygens (including phenoxy) is 1. The molecule has 0 saturated carbocycles. The van der Waals surface area contributed by atoms with E-state index < -0.39 is 0 Å². The van der Waals surface area contributed by atoms with Gasteiger partial charge in [-0.25, -0.2) is 4.68 Å². The number of hydrogen-bond acceptors (Lipinski definition) is 4. The van der Waals surface area contributed by atoms with Crippen LogP contribution in [0.25, 0.3) is 16.3 Å². The number of carbonyl (C=O) groups excluding carboxylic acids is 1. The predicted molar refractivity (Wildman–Crippen MR) is 112 cm³/mol. The summed E-state index contributed by atoms with van der Waals surface area (Å²) in [5.41, 5.74) is 3.42. The fraction of sp³-hybridized carbons (Fsp3) is 0.0909. The van der Waals surface area contributed by atoms with Crippen molar-refractivity contribution in [3.05, 3.63) is 83.9 Å². The van der Waals surface area contributed by atoms with E-state index in [0.29, 0.717) is 0 Å². The molecule has 1 N–H and O–H groups in total. The number of rotatable bonds is 6. The molecule has 2 aromatic carbocycles. The van der Waals surface area contributed by atoms with Gasteiger partial charge in [0, 0.05) is 17.4 Å². The predicted octanol–water partition coefficient (Wildman–Crippen LogP) is 4.79. The van der Waals surface area contributed by atoms with Gasteiger partial charge in [0.1, 0.15) is 11.4 Å². The fourth-order valence-corrected chi connectivity index (χ4v) is 3.67. The van der Waals surface area contributed by atoms with Gasteiger partial charge >= 0.3 is 0 Å². The first-order valence-electron chi connectivity index (χ1n) is 8.84. The van der Waals surface area contributed by atoms with Gasteiger partial charge in [0.05, 0.1) is 24.1 Å². The molecular weight excluding hydrogens is 370 g/mol. The second-order valence-electron chi connectivity index (χ2n) is 6.21. The van der Waals surface area contributed by atoms with Gasteiger partial charge in [-0.2, -0.15) is 5.10 Å². The third-order valence-corrected chi connectivity index (χ3v) is 5.17. The van der Waals surface area contributed by atoms with Gasteiger partial charge < -0.3 is 10.1 Å². The van der Waals surface area contributed by atoms with Crippen LogP contribution in [-0.4, -0.2) is 22.8 Å². The van der Waals surface area contributed by atoms with E-state index in [1.807, 2.05) is 83.0 Å². The Morgan fingerprint density at radius 3 is 2.54 bits per heavy atom. The van der Waals surface area contributed by atoms with Gasteiger partial charge in [-0.3, -0.25) is 4.79 Å². The average molecular weight is 389 g/mol. The zero-order valence-electron chi connectivity index (χ0n) is 15.3. The van der Waals surface area contributed by atoms with Gasteiger partial charge in [-0.05, 0) is 47.8 Å². The smallest absolute Gasteiger partial charge is 0.228 e. The first kappa shape index (κ1) is 18.0. The van der Waals surface area contributed by atoms with Gasteiger partial charge in [-0.1, -0.05) is 24.3 Å². The molecule has 0 spiro atoms. The van der Waals surface area contributed by atoms with E-state index in [9.17, 15) is 4.79 Å². The number of carbonyl (C=O) groups is 1. The number of anilines is 1. The average Bonchev–Trinajstić information content (AvgIpc) is 3.39. The van der Waals surface area contributed by atoms with Crippen LogP contribution in [0.5, 0.6) is 5.75 Å². The minimum Gasteiger partial charge on any atom is -0.497 e. The third kappa shape index (κ3) is 3.97. The lowest BCUT2D eigenvalue weighted by Crippen LogP contribution is -2.14. The van der Waals surface area contributed by atoms with Gasteiger partial charge in [0.15, 0.2) is 0 Å². The van der Waals surface area contributed by atoms with Crippen molar-refractivity contribution in [2.45, 2.75) is 6.42 Å². The molecule has 0 atom stereocenters. The lowest BCUT2D eigenvalue weighted by Gasteiger charge is -2.06. The van der Waals surface area contributed by atoms with Crippen molar-refractivity contribution >= 4 is 22.9 Å². The van der Waals surface area contributed by atoms with Crippen LogP contribution >= 0.6 is 11.3 Å². The summed E-state index contributed by atoms with van der Waals surface area (Å²) in [5.74, 6) is 0.665. The van der Waals surface area contributed by atoms with E-state index in [-0.39, 0.29) is 12.3 Å². The van der Waals surface area contributed by atoms with Gasteiger partial charge in [0.25, 0.3) is 0 Å². The first-order valence-corrected chi connectivity index (χ1v) is 9.72. The Hall–Kier alpha value is -3.38. The number of thiophene rings is 1. The molecule has 5 nitrogen and oxygen atoms in total.